The van der Waals surface area contributed by atoms with Crippen LogP contribution in [0, 0.1) is 6.92 Å². The van der Waals surface area contributed by atoms with Gasteiger partial charge in [0.15, 0.2) is 0 Å². The van der Waals surface area contributed by atoms with Gasteiger partial charge in [0.1, 0.15) is 0 Å². The smallest absolute Gasteiger partial charge is 0.0767 e. The number of rotatable bonds is 0. The zero-order valence-electron chi connectivity index (χ0n) is 7.29. The lowest BCUT2D eigenvalue weighted by atomic mass is 10.2. The predicted octanol–water partition coefficient (Wildman–Crippen LogP) is 3.19. The molecular formula is C10H11NS. The summed E-state index contributed by atoms with van der Waals surface area (Å²) in [6.45, 7) is 4.22. The second-order valence-electron chi connectivity index (χ2n) is 3.06. The van der Waals surface area contributed by atoms with Crippen LogP contribution in [0.1, 0.15) is 12.5 Å². The molecule has 12 heavy (non-hydrogen) atoms. The van der Waals surface area contributed by atoms with Gasteiger partial charge in [-0.15, -0.1) is 11.8 Å². The second-order valence-corrected chi connectivity index (χ2v) is 4.04. The second kappa shape index (κ2) is 2.94. The maximum Gasteiger partial charge on any atom is 0.0767 e. The SMILES string of the molecule is CC1=Nc2cccc(C)c2SC1. The van der Waals surface area contributed by atoms with Crippen molar-refractivity contribution in [2.45, 2.75) is 18.7 Å². The number of aliphatic imine (C=N–C) groups is 1. The van der Waals surface area contributed by atoms with Crippen molar-refractivity contribution in [3.8, 4) is 0 Å². The topological polar surface area (TPSA) is 12.4 Å². The lowest BCUT2D eigenvalue weighted by molar-refractivity contribution is 1.25. The van der Waals surface area contributed by atoms with Gasteiger partial charge < -0.3 is 0 Å². The zero-order chi connectivity index (χ0) is 8.55. The fourth-order valence-electron chi connectivity index (χ4n) is 1.33. The third kappa shape index (κ3) is 1.27. The van der Waals surface area contributed by atoms with E-state index >= 15 is 0 Å². The Labute approximate surface area is 76.9 Å². The van der Waals surface area contributed by atoms with E-state index in [2.05, 4.69) is 37.0 Å². The minimum absolute atomic E-state index is 1.04. The third-order valence-electron chi connectivity index (χ3n) is 1.93. The van der Waals surface area contributed by atoms with Gasteiger partial charge in [0.2, 0.25) is 0 Å². The van der Waals surface area contributed by atoms with Gasteiger partial charge in [-0.05, 0) is 25.5 Å². The Kier molecular flexibility index (Phi) is 1.93. The summed E-state index contributed by atoms with van der Waals surface area (Å²) < 4.78 is 0. The summed E-state index contributed by atoms with van der Waals surface area (Å²) in [6.07, 6.45) is 0. The highest BCUT2D eigenvalue weighted by Crippen LogP contribution is 2.35. The van der Waals surface area contributed by atoms with Gasteiger partial charge in [-0.25, -0.2) is 0 Å². The van der Waals surface area contributed by atoms with Crippen LogP contribution in [0.4, 0.5) is 5.69 Å². The molecule has 1 aliphatic rings. The Morgan fingerprint density at radius 1 is 1.33 bits per heavy atom. The van der Waals surface area contributed by atoms with E-state index in [9.17, 15) is 0 Å². The van der Waals surface area contributed by atoms with Gasteiger partial charge in [0.25, 0.3) is 0 Å². The molecular weight excluding hydrogens is 166 g/mol. The van der Waals surface area contributed by atoms with Crippen molar-refractivity contribution >= 4 is 23.2 Å². The van der Waals surface area contributed by atoms with Crippen LogP contribution in [0.3, 0.4) is 0 Å². The number of benzene rings is 1. The van der Waals surface area contributed by atoms with Gasteiger partial charge in [0.05, 0.1) is 5.69 Å². The van der Waals surface area contributed by atoms with E-state index in [1.807, 2.05) is 11.8 Å². The Morgan fingerprint density at radius 3 is 3.00 bits per heavy atom. The fourth-order valence-corrected chi connectivity index (χ4v) is 2.30. The summed E-state index contributed by atoms with van der Waals surface area (Å²) >= 11 is 1.89. The number of aryl methyl sites for hydroxylation is 1. The van der Waals surface area contributed by atoms with Crippen molar-refractivity contribution in [3.05, 3.63) is 23.8 Å². The number of hydrogen-bond donors (Lipinski definition) is 0. The van der Waals surface area contributed by atoms with Crippen LogP contribution < -0.4 is 0 Å². The minimum Gasteiger partial charge on any atom is -0.256 e. The van der Waals surface area contributed by atoms with E-state index in [0.717, 1.165) is 11.4 Å². The highest BCUT2D eigenvalue weighted by atomic mass is 32.2. The van der Waals surface area contributed by atoms with Crippen molar-refractivity contribution in [3.63, 3.8) is 0 Å². The monoisotopic (exact) mass is 177 g/mol. The molecule has 62 valence electrons. The van der Waals surface area contributed by atoms with E-state index in [-0.39, 0.29) is 0 Å². The summed E-state index contributed by atoms with van der Waals surface area (Å²) in [5.74, 6) is 1.04. The summed E-state index contributed by atoms with van der Waals surface area (Å²) in [6, 6.07) is 6.29. The number of fused-ring (bicyclic) bond motifs is 1. The van der Waals surface area contributed by atoms with E-state index in [1.165, 1.54) is 16.2 Å². The van der Waals surface area contributed by atoms with Gasteiger partial charge >= 0.3 is 0 Å². The first kappa shape index (κ1) is 7.87. The molecule has 0 N–H and O–H groups in total. The first-order chi connectivity index (χ1) is 5.77. The lowest BCUT2D eigenvalue weighted by Crippen LogP contribution is -2.00. The van der Waals surface area contributed by atoms with Crippen LogP contribution in [0.15, 0.2) is 28.1 Å². The summed E-state index contributed by atoms with van der Waals surface area (Å²) in [5, 5.41) is 0. The average Bonchev–Trinajstić information content (AvgIpc) is 2.04. The molecule has 0 aliphatic carbocycles. The molecule has 0 radical (unpaired) electrons. The van der Waals surface area contributed by atoms with Crippen LogP contribution in [-0.2, 0) is 0 Å². The maximum atomic E-state index is 4.50. The highest BCUT2D eigenvalue weighted by molar-refractivity contribution is 8.00. The number of hydrogen-bond acceptors (Lipinski definition) is 2. The van der Waals surface area contributed by atoms with Gasteiger partial charge in [-0.1, -0.05) is 12.1 Å². The van der Waals surface area contributed by atoms with Crippen molar-refractivity contribution < 1.29 is 0 Å². The summed E-state index contributed by atoms with van der Waals surface area (Å²) in [4.78, 5) is 5.85. The van der Waals surface area contributed by atoms with Crippen LogP contribution in [0.2, 0.25) is 0 Å². The van der Waals surface area contributed by atoms with E-state index < -0.39 is 0 Å². The first-order valence-electron chi connectivity index (χ1n) is 4.04. The molecule has 0 saturated heterocycles. The molecule has 1 heterocycles. The predicted molar refractivity (Wildman–Crippen MR) is 54.7 cm³/mol. The number of nitrogens with zero attached hydrogens (tertiary/aromatic N) is 1. The molecule has 2 rings (SSSR count). The molecule has 0 spiro atoms. The molecule has 0 unspecified atom stereocenters. The highest BCUT2D eigenvalue weighted by Gasteiger charge is 2.10. The minimum atomic E-state index is 1.04. The van der Waals surface area contributed by atoms with Crippen molar-refractivity contribution in [1.82, 2.24) is 0 Å². The fraction of sp³-hybridized carbons (Fsp3) is 0.300. The lowest BCUT2D eigenvalue weighted by Gasteiger charge is -2.14. The van der Waals surface area contributed by atoms with Gasteiger partial charge in [0, 0.05) is 16.4 Å². The normalized spacial score (nSPS) is 15.3. The quantitative estimate of drug-likeness (QED) is 0.593. The zero-order valence-corrected chi connectivity index (χ0v) is 8.11. The molecule has 1 aromatic carbocycles. The molecule has 0 fully saturated rings. The summed E-state index contributed by atoms with van der Waals surface area (Å²) in [7, 11) is 0. The van der Waals surface area contributed by atoms with Crippen LogP contribution in [0.5, 0.6) is 0 Å². The van der Waals surface area contributed by atoms with Gasteiger partial charge in [-0.2, -0.15) is 0 Å². The van der Waals surface area contributed by atoms with E-state index in [4.69, 9.17) is 0 Å². The first-order valence-corrected chi connectivity index (χ1v) is 5.02. The third-order valence-corrected chi connectivity index (χ3v) is 3.31. The molecule has 0 amide bonds. The van der Waals surface area contributed by atoms with Crippen molar-refractivity contribution in [1.29, 1.82) is 0 Å². The molecule has 0 atom stereocenters. The Hall–Kier alpha value is -0.760. The van der Waals surface area contributed by atoms with Crippen molar-refractivity contribution in [2.75, 3.05) is 5.75 Å². The van der Waals surface area contributed by atoms with Crippen LogP contribution in [-0.4, -0.2) is 11.5 Å². The Morgan fingerprint density at radius 2 is 2.17 bits per heavy atom. The van der Waals surface area contributed by atoms with Crippen LogP contribution in [0.25, 0.3) is 0 Å². The largest absolute Gasteiger partial charge is 0.256 e. The van der Waals surface area contributed by atoms with Crippen molar-refractivity contribution in [2.24, 2.45) is 4.99 Å². The summed E-state index contributed by atoms with van der Waals surface area (Å²) in [5.41, 5.74) is 3.70. The molecule has 0 aromatic heterocycles. The molecule has 1 aliphatic heterocycles. The molecule has 1 aromatic rings. The van der Waals surface area contributed by atoms with E-state index in [0.29, 0.717) is 0 Å². The Bertz CT molecular complexity index is 342. The van der Waals surface area contributed by atoms with Crippen LogP contribution >= 0.6 is 11.8 Å². The molecule has 0 bridgehead atoms. The number of thioether (sulfide) groups is 1. The molecule has 0 saturated carbocycles. The maximum absolute atomic E-state index is 4.50. The standard InChI is InChI=1S/C10H11NS/c1-7-4-3-5-9-10(7)12-6-8(2)11-9/h3-5H,6H2,1-2H3. The average molecular weight is 177 g/mol. The van der Waals surface area contributed by atoms with Gasteiger partial charge in [-0.3, -0.25) is 4.99 Å². The molecule has 2 heteroatoms. The van der Waals surface area contributed by atoms with E-state index in [1.54, 1.807) is 0 Å². The Balaban J connectivity index is 2.57. The molecule has 1 nitrogen and oxygen atoms in total.